The van der Waals surface area contributed by atoms with Gasteiger partial charge in [-0.05, 0) is 32.4 Å². The predicted molar refractivity (Wildman–Crippen MR) is 109 cm³/mol. The Morgan fingerprint density at radius 1 is 1.10 bits per heavy atom. The molecular formula is C21H22N2O5S. The molecule has 2 heterocycles. The van der Waals surface area contributed by atoms with Gasteiger partial charge in [0.15, 0.2) is 0 Å². The number of rotatable bonds is 6. The van der Waals surface area contributed by atoms with Gasteiger partial charge < -0.3 is 20.1 Å². The highest BCUT2D eigenvalue weighted by atomic mass is 32.1. The first-order valence-electron chi connectivity index (χ1n) is 9.17. The van der Waals surface area contributed by atoms with Crippen LogP contribution in [0.3, 0.4) is 0 Å². The highest BCUT2D eigenvalue weighted by molar-refractivity contribution is 7.12. The molecular weight excluding hydrogens is 392 g/mol. The molecule has 152 valence electrons. The minimum absolute atomic E-state index is 0.179. The number of nitrogens with one attached hydrogen (secondary N) is 2. The molecule has 1 aliphatic rings. The van der Waals surface area contributed by atoms with Gasteiger partial charge in [-0.3, -0.25) is 0 Å². The molecule has 3 rings (SSSR count). The molecule has 1 atom stereocenters. The molecule has 1 aromatic carbocycles. The molecule has 1 aliphatic heterocycles. The van der Waals surface area contributed by atoms with Crippen molar-refractivity contribution in [3.8, 4) is 0 Å². The van der Waals surface area contributed by atoms with Gasteiger partial charge in [0.05, 0.1) is 29.5 Å². The van der Waals surface area contributed by atoms with E-state index in [1.165, 1.54) is 11.3 Å². The number of carbonyl (C=O) groups is 3. The second-order valence-corrected chi connectivity index (χ2v) is 7.92. The summed E-state index contributed by atoms with van der Waals surface area (Å²) in [5.74, 6) is -1.09. The number of esters is 2. The molecule has 0 aliphatic carbocycles. The number of amides is 2. The van der Waals surface area contributed by atoms with Gasteiger partial charge in [0.2, 0.25) is 0 Å². The summed E-state index contributed by atoms with van der Waals surface area (Å²) in [5, 5.41) is 5.32. The average molecular weight is 414 g/mol. The van der Waals surface area contributed by atoms with Gasteiger partial charge in [-0.2, -0.15) is 0 Å². The van der Waals surface area contributed by atoms with Crippen molar-refractivity contribution in [2.45, 2.75) is 26.8 Å². The highest BCUT2D eigenvalue weighted by Gasteiger charge is 2.34. The third-order valence-electron chi connectivity index (χ3n) is 4.39. The SMILES string of the molecule is CCOC(=O)C1=C(COC(=O)c2cc(C)sc2C)NC(=O)N[C@@H]1c1ccccc1. The topological polar surface area (TPSA) is 93.7 Å². The Kier molecular flexibility index (Phi) is 6.33. The summed E-state index contributed by atoms with van der Waals surface area (Å²) < 4.78 is 10.6. The summed E-state index contributed by atoms with van der Waals surface area (Å²) in [5.41, 5.74) is 1.62. The number of thiophene rings is 1. The molecule has 2 aromatic rings. The van der Waals surface area contributed by atoms with Crippen molar-refractivity contribution in [3.05, 3.63) is 68.5 Å². The molecule has 0 unspecified atom stereocenters. The zero-order valence-corrected chi connectivity index (χ0v) is 17.2. The van der Waals surface area contributed by atoms with E-state index < -0.39 is 24.0 Å². The fourth-order valence-electron chi connectivity index (χ4n) is 3.13. The van der Waals surface area contributed by atoms with E-state index in [1.807, 2.05) is 32.0 Å². The third-order valence-corrected chi connectivity index (χ3v) is 5.36. The van der Waals surface area contributed by atoms with Gasteiger partial charge in [-0.25, -0.2) is 14.4 Å². The summed E-state index contributed by atoms with van der Waals surface area (Å²) in [4.78, 5) is 39.2. The van der Waals surface area contributed by atoms with E-state index in [4.69, 9.17) is 9.47 Å². The maximum Gasteiger partial charge on any atom is 0.339 e. The van der Waals surface area contributed by atoms with E-state index in [0.29, 0.717) is 5.56 Å². The lowest BCUT2D eigenvalue weighted by Gasteiger charge is -2.29. The molecule has 2 amide bonds. The van der Waals surface area contributed by atoms with E-state index in [1.54, 1.807) is 25.1 Å². The average Bonchev–Trinajstić information content (AvgIpc) is 3.04. The normalized spacial score (nSPS) is 16.1. The maximum absolute atomic E-state index is 12.7. The second kappa shape index (κ2) is 8.91. The predicted octanol–water partition coefficient (Wildman–Crippen LogP) is 3.39. The Morgan fingerprint density at radius 3 is 2.45 bits per heavy atom. The van der Waals surface area contributed by atoms with Crippen LogP contribution in [0.5, 0.6) is 0 Å². The maximum atomic E-state index is 12.7. The van der Waals surface area contributed by atoms with Gasteiger partial charge in [0.1, 0.15) is 6.61 Å². The third kappa shape index (κ3) is 4.65. The van der Waals surface area contributed by atoms with Crippen molar-refractivity contribution in [1.29, 1.82) is 0 Å². The van der Waals surface area contributed by atoms with Crippen LogP contribution < -0.4 is 10.6 Å². The Labute approximate surface area is 172 Å². The minimum Gasteiger partial charge on any atom is -0.463 e. The Hall–Kier alpha value is -3.13. The number of urea groups is 1. The number of aryl methyl sites for hydroxylation is 2. The van der Waals surface area contributed by atoms with Gasteiger partial charge in [-0.15, -0.1) is 11.3 Å². The van der Waals surface area contributed by atoms with Crippen LogP contribution in [0.15, 0.2) is 47.7 Å². The van der Waals surface area contributed by atoms with Crippen LogP contribution in [-0.4, -0.2) is 31.2 Å². The first kappa shape index (κ1) is 20.6. The molecule has 0 fully saturated rings. The molecule has 0 saturated carbocycles. The van der Waals surface area contributed by atoms with Crippen LogP contribution in [0.2, 0.25) is 0 Å². The lowest BCUT2D eigenvalue weighted by molar-refractivity contribution is -0.139. The van der Waals surface area contributed by atoms with Gasteiger partial charge in [-0.1, -0.05) is 30.3 Å². The van der Waals surface area contributed by atoms with Crippen molar-refractivity contribution in [2.24, 2.45) is 0 Å². The highest BCUT2D eigenvalue weighted by Crippen LogP contribution is 2.28. The molecule has 1 aromatic heterocycles. The van der Waals surface area contributed by atoms with Crippen molar-refractivity contribution in [2.75, 3.05) is 13.2 Å². The van der Waals surface area contributed by atoms with Gasteiger partial charge >= 0.3 is 18.0 Å². The van der Waals surface area contributed by atoms with Crippen LogP contribution >= 0.6 is 11.3 Å². The summed E-state index contributed by atoms with van der Waals surface area (Å²) >= 11 is 1.50. The standard InChI is InChI=1S/C21H22N2O5S/c1-4-27-20(25)17-16(11-28-19(24)15-10-12(2)29-13(15)3)22-21(26)23-18(17)14-8-6-5-7-9-14/h5-10,18H,4,11H2,1-3H3,(H2,22,23,26)/t18-/m1/s1. The number of ether oxygens (including phenoxy) is 2. The van der Waals surface area contributed by atoms with Crippen molar-refractivity contribution >= 4 is 29.3 Å². The van der Waals surface area contributed by atoms with E-state index >= 15 is 0 Å². The first-order valence-corrected chi connectivity index (χ1v) is 9.99. The second-order valence-electron chi connectivity index (χ2n) is 6.46. The van der Waals surface area contributed by atoms with E-state index in [2.05, 4.69) is 10.6 Å². The Balaban J connectivity index is 1.92. The van der Waals surface area contributed by atoms with E-state index in [9.17, 15) is 14.4 Å². The minimum atomic E-state index is -0.706. The Morgan fingerprint density at radius 2 is 1.83 bits per heavy atom. The number of hydrogen-bond acceptors (Lipinski definition) is 6. The van der Waals surface area contributed by atoms with Crippen molar-refractivity contribution in [1.82, 2.24) is 10.6 Å². The van der Waals surface area contributed by atoms with Crippen LogP contribution in [0.25, 0.3) is 0 Å². The lowest BCUT2D eigenvalue weighted by atomic mass is 9.95. The summed E-state index contributed by atoms with van der Waals surface area (Å²) in [6, 6.07) is 9.64. The van der Waals surface area contributed by atoms with E-state index in [0.717, 1.165) is 15.3 Å². The Bertz CT molecular complexity index is 965. The lowest BCUT2D eigenvalue weighted by Crippen LogP contribution is -2.47. The fraction of sp³-hybridized carbons (Fsp3) is 0.286. The van der Waals surface area contributed by atoms with Gasteiger partial charge in [0, 0.05) is 9.75 Å². The molecule has 0 spiro atoms. The van der Waals surface area contributed by atoms with Gasteiger partial charge in [0.25, 0.3) is 0 Å². The quantitative estimate of drug-likeness (QED) is 0.707. The number of benzene rings is 1. The van der Waals surface area contributed by atoms with Crippen molar-refractivity contribution in [3.63, 3.8) is 0 Å². The molecule has 0 bridgehead atoms. The zero-order valence-electron chi connectivity index (χ0n) is 16.4. The zero-order chi connectivity index (χ0) is 21.0. The monoisotopic (exact) mass is 414 g/mol. The smallest absolute Gasteiger partial charge is 0.339 e. The summed E-state index contributed by atoms with van der Waals surface area (Å²) in [7, 11) is 0. The molecule has 0 radical (unpaired) electrons. The van der Waals surface area contributed by atoms with Crippen molar-refractivity contribution < 1.29 is 23.9 Å². The van der Waals surface area contributed by atoms with Crippen LogP contribution in [0.1, 0.15) is 38.6 Å². The van der Waals surface area contributed by atoms with Crippen LogP contribution in [0.4, 0.5) is 4.79 Å². The number of carbonyl (C=O) groups excluding carboxylic acids is 3. The number of hydrogen-bond donors (Lipinski definition) is 2. The molecule has 7 nitrogen and oxygen atoms in total. The molecule has 8 heteroatoms. The molecule has 29 heavy (non-hydrogen) atoms. The van der Waals surface area contributed by atoms with Crippen LogP contribution in [-0.2, 0) is 14.3 Å². The largest absolute Gasteiger partial charge is 0.463 e. The first-order chi connectivity index (χ1) is 13.9. The van der Waals surface area contributed by atoms with E-state index in [-0.39, 0.29) is 24.5 Å². The van der Waals surface area contributed by atoms with Crippen LogP contribution in [0, 0.1) is 13.8 Å². The summed E-state index contributed by atoms with van der Waals surface area (Å²) in [6.07, 6.45) is 0. The molecule has 2 N–H and O–H groups in total. The molecule has 0 saturated heterocycles. The fourth-order valence-corrected chi connectivity index (χ4v) is 4.04. The summed E-state index contributed by atoms with van der Waals surface area (Å²) in [6.45, 7) is 5.38.